The molecule has 0 aliphatic carbocycles. The first-order valence-electron chi connectivity index (χ1n) is 3.27. The van der Waals surface area contributed by atoms with Gasteiger partial charge < -0.3 is 9.73 Å². The van der Waals surface area contributed by atoms with Crippen LogP contribution in [-0.4, -0.2) is 11.4 Å². The molecule has 0 aromatic carbocycles. The summed E-state index contributed by atoms with van der Waals surface area (Å²) in [6.45, 7) is 3.95. The molecule has 0 fully saturated rings. The van der Waals surface area contributed by atoms with Crippen LogP contribution in [0.15, 0.2) is 4.42 Å². The number of oxazole rings is 1. The monoisotopic (exact) mass is 153 g/mol. The molecule has 59 valence electrons. The second kappa shape index (κ2) is 3.18. The maximum atomic E-state index is 9.80. The van der Waals surface area contributed by atoms with Crippen LogP contribution in [0.3, 0.4) is 0 Å². The fourth-order valence-corrected chi connectivity index (χ4v) is 0.856. The van der Waals surface area contributed by atoms with E-state index in [-0.39, 0.29) is 0 Å². The number of nitrogens with one attached hydrogen (secondary N) is 1. The van der Waals surface area contributed by atoms with Gasteiger partial charge in [-0.05, 0) is 6.92 Å². The van der Waals surface area contributed by atoms with Gasteiger partial charge in [0, 0.05) is 6.92 Å². The third-order valence-electron chi connectivity index (χ3n) is 1.33. The number of hydrogen-bond donors (Lipinski definition) is 1. The lowest BCUT2D eigenvalue weighted by atomic mass is 10.4. The summed E-state index contributed by atoms with van der Waals surface area (Å²) in [5.41, 5.74) is 0.755. The molecule has 4 heteroatoms. The van der Waals surface area contributed by atoms with Crippen LogP contribution in [0.1, 0.15) is 17.3 Å². The van der Waals surface area contributed by atoms with Crippen LogP contribution in [-0.2, 0) is 11.3 Å². The Morgan fingerprint density at radius 2 is 2.36 bits per heavy atom. The quantitative estimate of drug-likeness (QED) is 0.641. The molecular formula is C7H9N2O2. The maximum absolute atomic E-state index is 9.80. The Morgan fingerprint density at radius 1 is 1.64 bits per heavy atom. The van der Waals surface area contributed by atoms with Gasteiger partial charge in [-0.1, -0.05) is 0 Å². The minimum atomic E-state index is 0.382. The zero-order valence-corrected chi connectivity index (χ0v) is 6.47. The van der Waals surface area contributed by atoms with Gasteiger partial charge in [-0.3, -0.25) is 4.79 Å². The Kier molecular flexibility index (Phi) is 2.25. The van der Waals surface area contributed by atoms with Crippen molar-refractivity contribution in [1.29, 1.82) is 0 Å². The lowest BCUT2D eigenvalue weighted by Crippen LogP contribution is -2.10. The molecule has 1 rings (SSSR count). The Hall–Kier alpha value is -1.32. The highest BCUT2D eigenvalue weighted by atomic mass is 16.4. The molecule has 1 amide bonds. The number of amides is 1. The van der Waals surface area contributed by atoms with Crippen molar-refractivity contribution in [2.45, 2.75) is 20.4 Å². The maximum Gasteiger partial charge on any atom is 0.309 e. The number of aryl methyl sites for hydroxylation is 2. The lowest BCUT2D eigenvalue weighted by Gasteiger charge is -1.91. The van der Waals surface area contributed by atoms with E-state index in [1.807, 2.05) is 6.92 Å². The summed E-state index contributed by atoms with van der Waals surface area (Å²) in [6, 6.07) is 0. The molecule has 0 aliphatic heterocycles. The van der Waals surface area contributed by atoms with Crippen molar-refractivity contribution in [2.24, 2.45) is 0 Å². The molecule has 1 aromatic rings. The van der Waals surface area contributed by atoms with Crippen molar-refractivity contribution in [3.8, 4) is 0 Å². The van der Waals surface area contributed by atoms with Gasteiger partial charge in [0.2, 0.25) is 0 Å². The van der Waals surface area contributed by atoms with Crippen LogP contribution < -0.4 is 5.32 Å². The molecule has 4 nitrogen and oxygen atoms in total. The number of rotatable bonds is 3. The molecule has 1 heterocycles. The van der Waals surface area contributed by atoms with Gasteiger partial charge >= 0.3 is 6.41 Å². The van der Waals surface area contributed by atoms with Crippen molar-refractivity contribution in [1.82, 2.24) is 10.3 Å². The van der Waals surface area contributed by atoms with E-state index in [0.717, 1.165) is 11.5 Å². The summed E-state index contributed by atoms with van der Waals surface area (Å²) in [6.07, 6.45) is 1.57. The van der Waals surface area contributed by atoms with Crippen LogP contribution in [0, 0.1) is 13.8 Å². The molecule has 0 saturated heterocycles. The first-order valence-corrected chi connectivity index (χ1v) is 3.27. The van der Waals surface area contributed by atoms with Crippen LogP contribution in [0.5, 0.6) is 0 Å². The summed E-state index contributed by atoms with van der Waals surface area (Å²) < 4.78 is 5.13. The molecule has 0 atom stereocenters. The molecule has 1 N–H and O–H groups in total. The molecule has 0 aliphatic rings. The third kappa shape index (κ3) is 1.80. The highest BCUT2D eigenvalue weighted by Gasteiger charge is 2.04. The van der Waals surface area contributed by atoms with E-state index in [4.69, 9.17) is 4.42 Å². The number of aromatic nitrogens is 1. The van der Waals surface area contributed by atoms with Gasteiger partial charge in [0.25, 0.3) is 0 Å². The van der Waals surface area contributed by atoms with Crippen LogP contribution >= 0.6 is 0 Å². The number of nitrogens with zero attached hydrogens (tertiary/aromatic N) is 1. The fourth-order valence-electron chi connectivity index (χ4n) is 0.856. The second-order valence-corrected chi connectivity index (χ2v) is 2.19. The van der Waals surface area contributed by atoms with Crippen LogP contribution in [0.25, 0.3) is 0 Å². The summed E-state index contributed by atoms with van der Waals surface area (Å²) in [7, 11) is 0. The molecule has 0 bridgehead atoms. The third-order valence-corrected chi connectivity index (χ3v) is 1.33. The molecule has 0 unspecified atom stereocenters. The lowest BCUT2D eigenvalue weighted by molar-refractivity contribution is 0.492. The van der Waals surface area contributed by atoms with Crippen LogP contribution in [0.4, 0.5) is 0 Å². The van der Waals surface area contributed by atoms with Crippen molar-refractivity contribution >= 4 is 6.41 Å². The summed E-state index contributed by atoms with van der Waals surface area (Å²) in [5.74, 6) is 1.36. The second-order valence-electron chi connectivity index (χ2n) is 2.19. The van der Waals surface area contributed by atoms with E-state index in [0.29, 0.717) is 12.4 Å². The van der Waals surface area contributed by atoms with E-state index in [2.05, 4.69) is 10.3 Å². The molecule has 0 spiro atoms. The summed E-state index contributed by atoms with van der Waals surface area (Å²) in [4.78, 5) is 13.8. The van der Waals surface area contributed by atoms with Gasteiger partial charge in [-0.25, -0.2) is 4.98 Å². The Balaban J connectivity index is 2.69. The van der Waals surface area contributed by atoms with E-state index in [1.165, 1.54) is 0 Å². The van der Waals surface area contributed by atoms with Gasteiger partial charge in [0.05, 0.1) is 6.54 Å². The normalized spacial score (nSPS) is 9.64. The minimum Gasteiger partial charge on any atom is -0.446 e. The molecule has 11 heavy (non-hydrogen) atoms. The van der Waals surface area contributed by atoms with E-state index < -0.39 is 0 Å². The first kappa shape index (κ1) is 7.78. The summed E-state index contributed by atoms with van der Waals surface area (Å²) >= 11 is 0. The Bertz CT molecular complexity index is 255. The first-order chi connectivity index (χ1) is 5.24. The van der Waals surface area contributed by atoms with E-state index in [9.17, 15) is 4.79 Å². The van der Waals surface area contributed by atoms with Gasteiger partial charge in [0.15, 0.2) is 5.89 Å². The SMILES string of the molecule is Cc1nc(CN[C]=O)c(C)o1. The van der Waals surface area contributed by atoms with Crippen molar-refractivity contribution in [3.05, 3.63) is 17.3 Å². The molecular weight excluding hydrogens is 144 g/mol. The molecule has 1 radical (unpaired) electrons. The smallest absolute Gasteiger partial charge is 0.309 e. The van der Waals surface area contributed by atoms with Crippen molar-refractivity contribution in [2.75, 3.05) is 0 Å². The zero-order chi connectivity index (χ0) is 8.27. The van der Waals surface area contributed by atoms with E-state index in [1.54, 1.807) is 13.3 Å². The standard InChI is InChI=1S/C7H9N2O2/c1-5-7(3-8-4-10)9-6(2)11-5/h3H2,1-2H3,(H,8,10). The zero-order valence-electron chi connectivity index (χ0n) is 6.47. The van der Waals surface area contributed by atoms with Crippen LogP contribution in [0.2, 0.25) is 0 Å². The van der Waals surface area contributed by atoms with Crippen molar-refractivity contribution in [3.63, 3.8) is 0 Å². The number of hydrogen-bond acceptors (Lipinski definition) is 3. The Morgan fingerprint density at radius 3 is 2.82 bits per heavy atom. The Labute approximate surface area is 64.6 Å². The fraction of sp³-hybridized carbons (Fsp3) is 0.429. The summed E-state index contributed by atoms with van der Waals surface area (Å²) in [5, 5.41) is 2.39. The highest BCUT2D eigenvalue weighted by molar-refractivity contribution is 5.47. The minimum absolute atomic E-state index is 0.382. The average Bonchev–Trinajstić information content (AvgIpc) is 2.26. The number of carbonyl (C=O) groups excluding carboxylic acids is 1. The van der Waals surface area contributed by atoms with E-state index >= 15 is 0 Å². The highest BCUT2D eigenvalue weighted by Crippen LogP contribution is 2.07. The van der Waals surface area contributed by atoms with Gasteiger partial charge in [0.1, 0.15) is 11.5 Å². The predicted octanol–water partition coefficient (Wildman–Crippen LogP) is 0.448. The largest absolute Gasteiger partial charge is 0.446 e. The van der Waals surface area contributed by atoms with Crippen molar-refractivity contribution < 1.29 is 9.21 Å². The predicted molar refractivity (Wildman–Crippen MR) is 38.5 cm³/mol. The average molecular weight is 153 g/mol. The van der Waals surface area contributed by atoms with Gasteiger partial charge in [-0.15, -0.1) is 0 Å². The molecule has 0 saturated carbocycles. The topological polar surface area (TPSA) is 55.1 Å². The molecule has 1 aromatic heterocycles. The van der Waals surface area contributed by atoms with Gasteiger partial charge in [-0.2, -0.15) is 0 Å².